The number of carbonyl (C=O) groups is 1. The van der Waals surface area contributed by atoms with Crippen LogP contribution < -0.4 is 16.4 Å². The van der Waals surface area contributed by atoms with E-state index < -0.39 is 23.3 Å². The van der Waals surface area contributed by atoms with E-state index in [2.05, 4.69) is 30.8 Å². The highest BCUT2D eigenvalue weighted by Crippen LogP contribution is 2.33. The maximum atomic E-state index is 13.1. The summed E-state index contributed by atoms with van der Waals surface area (Å²) in [6.45, 7) is 3.56. The molecule has 0 aliphatic carbocycles. The summed E-state index contributed by atoms with van der Waals surface area (Å²) in [5.41, 5.74) is 8.83. The number of aliphatic hydroxyl groups excluding tert-OH is 1. The van der Waals surface area contributed by atoms with Gasteiger partial charge in [0.2, 0.25) is 0 Å². The van der Waals surface area contributed by atoms with Gasteiger partial charge in [0.1, 0.15) is 17.3 Å². The molecule has 10 nitrogen and oxygen atoms in total. The first-order valence-electron chi connectivity index (χ1n) is 12.4. The largest absolute Gasteiger partial charge is 0.418 e. The highest BCUT2D eigenvalue weighted by Gasteiger charge is 2.32. The highest BCUT2D eigenvalue weighted by atomic mass is 19.4. The Kier molecular flexibility index (Phi) is 8.57. The minimum absolute atomic E-state index is 0.122. The number of halogens is 3. The number of rotatable bonds is 8. The smallest absolute Gasteiger partial charge is 0.394 e. The molecule has 1 aromatic carbocycles. The summed E-state index contributed by atoms with van der Waals surface area (Å²) in [6.07, 6.45) is -2.51. The van der Waals surface area contributed by atoms with Crippen LogP contribution in [0.2, 0.25) is 0 Å². The molecule has 1 atom stereocenters. The zero-order valence-electron chi connectivity index (χ0n) is 22.4. The SMILES string of the molecule is CN=C(N)c1cc(-c2cc(-c3cc(NC(=O)c4cc(C(F)(F)F)cnn4)ccc3C)cc(N[C@H](C)CO)n2)ccn1. The Morgan fingerprint density at radius 3 is 2.59 bits per heavy atom. The third-order valence-electron chi connectivity index (χ3n) is 6.07. The molecule has 4 rings (SSSR count). The van der Waals surface area contributed by atoms with Crippen molar-refractivity contribution in [3.63, 3.8) is 0 Å². The van der Waals surface area contributed by atoms with E-state index in [9.17, 15) is 23.1 Å². The Labute approximate surface area is 233 Å². The molecule has 13 heteroatoms. The van der Waals surface area contributed by atoms with Crippen molar-refractivity contribution in [3.8, 4) is 22.4 Å². The van der Waals surface area contributed by atoms with E-state index in [1.807, 2.05) is 13.0 Å². The normalized spacial score (nSPS) is 12.6. The predicted molar refractivity (Wildman–Crippen MR) is 149 cm³/mol. The fraction of sp³-hybridized carbons (Fsp3) is 0.214. The van der Waals surface area contributed by atoms with Crippen LogP contribution in [0.5, 0.6) is 0 Å². The first kappa shape index (κ1) is 29.1. The maximum Gasteiger partial charge on any atom is 0.418 e. The Bertz CT molecular complexity index is 1610. The highest BCUT2D eigenvalue weighted by molar-refractivity contribution is 6.03. The third kappa shape index (κ3) is 7.00. The van der Waals surface area contributed by atoms with Gasteiger partial charge in [-0.05, 0) is 73.0 Å². The summed E-state index contributed by atoms with van der Waals surface area (Å²) >= 11 is 0. The van der Waals surface area contributed by atoms with Gasteiger partial charge in [0.25, 0.3) is 5.91 Å². The van der Waals surface area contributed by atoms with Crippen molar-refractivity contribution in [2.45, 2.75) is 26.1 Å². The van der Waals surface area contributed by atoms with Gasteiger partial charge in [-0.3, -0.25) is 14.8 Å². The number of nitrogens with one attached hydrogen (secondary N) is 2. The molecule has 0 fully saturated rings. The van der Waals surface area contributed by atoms with Crippen LogP contribution in [0, 0.1) is 6.92 Å². The molecule has 0 saturated carbocycles. The molecule has 0 bridgehead atoms. The van der Waals surface area contributed by atoms with E-state index in [0.29, 0.717) is 40.7 Å². The van der Waals surface area contributed by atoms with Gasteiger partial charge >= 0.3 is 6.18 Å². The second kappa shape index (κ2) is 12.1. The average Bonchev–Trinajstić information content (AvgIpc) is 2.97. The van der Waals surface area contributed by atoms with Gasteiger partial charge in [-0.1, -0.05) is 6.07 Å². The quantitative estimate of drug-likeness (QED) is 0.183. The second-order valence-corrected chi connectivity index (χ2v) is 9.20. The molecule has 212 valence electrons. The monoisotopic (exact) mass is 564 g/mol. The number of anilines is 2. The molecule has 0 spiro atoms. The number of nitrogens with two attached hydrogens (primary N) is 1. The Hall–Kier alpha value is -4.91. The lowest BCUT2D eigenvalue weighted by atomic mass is 9.98. The number of aryl methyl sites for hydroxylation is 1. The third-order valence-corrected chi connectivity index (χ3v) is 6.07. The number of hydrogen-bond donors (Lipinski definition) is 4. The summed E-state index contributed by atoms with van der Waals surface area (Å²) in [5, 5.41) is 22.2. The van der Waals surface area contributed by atoms with Crippen LogP contribution in [-0.2, 0) is 6.18 Å². The molecule has 0 aliphatic heterocycles. The molecule has 1 amide bonds. The molecular formula is C28H27F3N8O2. The standard InChI is InChI=1S/C28H27F3N8O2/c1-15-4-5-20(37-27(41)24-11-19(13-35-39-24)28(29,30)31)12-21(15)18-9-22(38-25(10-18)36-16(2)14-40)17-6-7-34-23(8-17)26(32)33-3/h4-13,16,40H,14H2,1-3H3,(H2,32,33)(H,36,38)(H,37,41)/t16-/m1/s1. The zero-order chi connectivity index (χ0) is 29.7. The van der Waals surface area contributed by atoms with Crippen LogP contribution in [-0.4, -0.2) is 56.7 Å². The van der Waals surface area contributed by atoms with E-state index in [1.54, 1.807) is 56.6 Å². The molecular weight excluding hydrogens is 537 g/mol. The summed E-state index contributed by atoms with van der Waals surface area (Å²) < 4.78 is 39.2. The number of carbonyl (C=O) groups excluding carboxylic acids is 1. The van der Waals surface area contributed by atoms with Crippen LogP contribution in [0.3, 0.4) is 0 Å². The molecule has 0 saturated heterocycles. The van der Waals surface area contributed by atoms with E-state index in [0.717, 1.165) is 16.7 Å². The fourth-order valence-electron chi connectivity index (χ4n) is 3.89. The first-order chi connectivity index (χ1) is 19.5. The zero-order valence-corrected chi connectivity index (χ0v) is 22.4. The van der Waals surface area contributed by atoms with Gasteiger partial charge in [0.05, 0.1) is 24.1 Å². The number of aliphatic imine (C=N–C) groups is 1. The van der Waals surface area contributed by atoms with Crippen LogP contribution in [0.25, 0.3) is 22.4 Å². The molecule has 3 aromatic heterocycles. The van der Waals surface area contributed by atoms with Crippen molar-refractivity contribution in [2.75, 3.05) is 24.3 Å². The van der Waals surface area contributed by atoms with Crippen LogP contribution in [0.4, 0.5) is 24.7 Å². The molecule has 3 heterocycles. The van der Waals surface area contributed by atoms with Crippen LogP contribution >= 0.6 is 0 Å². The number of pyridine rings is 2. The van der Waals surface area contributed by atoms with Gasteiger partial charge < -0.3 is 21.5 Å². The van der Waals surface area contributed by atoms with E-state index in [1.165, 1.54) is 0 Å². The van der Waals surface area contributed by atoms with Crippen LogP contribution in [0.15, 0.2) is 65.9 Å². The van der Waals surface area contributed by atoms with E-state index >= 15 is 0 Å². The minimum atomic E-state index is -4.66. The van der Waals surface area contributed by atoms with Crippen LogP contribution in [0.1, 0.15) is 34.2 Å². The summed E-state index contributed by atoms with van der Waals surface area (Å²) in [7, 11) is 1.56. The summed E-state index contributed by atoms with van der Waals surface area (Å²) in [6, 6.07) is 12.6. The molecule has 41 heavy (non-hydrogen) atoms. The molecule has 0 radical (unpaired) electrons. The van der Waals surface area contributed by atoms with Gasteiger partial charge in [0, 0.05) is 30.5 Å². The van der Waals surface area contributed by atoms with E-state index in [4.69, 9.17) is 10.7 Å². The number of aromatic nitrogens is 4. The predicted octanol–water partition coefficient (Wildman–Crippen LogP) is 4.31. The lowest BCUT2D eigenvalue weighted by Gasteiger charge is -2.16. The van der Waals surface area contributed by atoms with Gasteiger partial charge in [0.15, 0.2) is 5.69 Å². The van der Waals surface area contributed by atoms with Crippen molar-refractivity contribution >= 4 is 23.2 Å². The second-order valence-electron chi connectivity index (χ2n) is 9.20. The van der Waals surface area contributed by atoms with Gasteiger partial charge in [-0.25, -0.2) is 4.98 Å². The Morgan fingerprint density at radius 1 is 1.10 bits per heavy atom. The minimum Gasteiger partial charge on any atom is -0.394 e. The average molecular weight is 565 g/mol. The Morgan fingerprint density at radius 2 is 1.88 bits per heavy atom. The van der Waals surface area contributed by atoms with Crippen molar-refractivity contribution < 1.29 is 23.1 Å². The topological polar surface area (TPSA) is 151 Å². The maximum absolute atomic E-state index is 13.1. The summed E-state index contributed by atoms with van der Waals surface area (Å²) in [4.78, 5) is 25.7. The number of aliphatic hydroxyl groups is 1. The van der Waals surface area contributed by atoms with Gasteiger partial charge in [-0.15, -0.1) is 5.10 Å². The molecule has 0 aliphatic rings. The molecule has 4 aromatic rings. The van der Waals surface area contributed by atoms with Crippen molar-refractivity contribution in [1.29, 1.82) is 0 Å². The number of hydrogen-bond acceptors (Lipinski definition) is 8. The number of benzene rings is 1. The van der Waals surface area contributed by atoms with E-state index in [-0.39, 0.29) is 18.5 Å². The Balaban J connectivity index is 1.74. The van der Waals surface area contributed by atoms with Crippen molar-refractivity contribution in [1.82, 2.24) is 20.2 Å². The number of alkyl halides is 3. The number of nitrogens with zero attached hydrogens (tertiary/aromatic N) is 5. The fourth-order valence-corrected chi connectivity index (χ4v) is 3.89. The lowest BCUT2D eigenvalue weighted by Crippen LogP contribution is -2.20. The lowest BCUT2D eigenvalue weighted by molar-refractivity contribution is -0.137. The number of amides is 1. The number of amidine groups is 1. The summed E-state index contributed by atoms with van der Waals surface area (Å²) in [5.74, 6) is -0.0879. The first-order valence-corrected chi connectivity index (χ1v) is 12.4. The van der Waals surface area contributed by atoms with Crippen molar-refractivity contribution in [2.24, 2.45) is 10.7 Å². The molecule has 0 unspecified atom stereocenters. The van der Waals surface area contributed by atoms with Crippen molar-refractivity contribution in [3.05, 3.63) is 83.4 Å². The molecule has 5 N–H and O–H groups in total. The van der Waals surface area contributed by atoms with Gasteiger partial charge in [-0.2, -0.15) is 18.3 Å².